The second-order valence-electron chi connectivity index (χ2n) is 17.7. The number of ether oxygens (including phenoxy) is 1. The number of hydrogen-bond donors (Lipinski definition) is 3. The molecule has 2 saturated heterocycles. The second kappa shape index (κ2) is 19.8. The molecule has 6 aromatic rings. The average molecular weight is 847 g/mol. The van der Waals surface area contributed by atoms with Crippen molar-refractivity contribution in [3.8, 4) is 0 Å². The second-order valence-corrected chi connectivity index (χ2v) is 17.7. The Balaban J connectivity index is 0.000000193. The molecule has 2 aliphatic heterocycles. The molecule has 0 spiro atoms. The quantitative estimate of drug-likeness (QED) is 0.140. The highest BCUT2D eigenvalue weighted by Gasteiger charge is 2.27. The summed E-state index contributed by atoms with van der Waals surface area (Å²) < 4.78 is 5.50. The summed E-state index contributed by atoms with van der Waals surface area (Å²) in [6, 6.07) is 41.0. The maximum atomic E-state index is 13.3. The van der Waals surface area contributed by atoms with Crippen LogP contribution in [0.2, 0.25) is 0 Å². The normalized spacial score (nSPS) is 15.3. The Morgan fingerprint density at radius 3 is 1.46 bits per heavy atom. The minimum absolute atomic E-state index is 0.0186. The molecule has 3 N–H and O–H groups in total. The van der Waals surface area contributed by atoms with E-state index in [2.05, 4.69) is 99.4 Å². The molecule has 6 aromatic carbocycles. The molecule has 0 radical (unpaired) electrons. The van der Waals surface area contributed by atoms with Gasteiger partial charge in [-0.2, -0.15) is 0 Å². The Morgan fingerprint density at radius 2 is 1.00 bits per heavy atom. The first kappa shape index (κ1) is 44.7. The standard InChI is InChI=1S/C29H35N3O3.C24H27N3O/c1-20-13-14-23(31-15-17-32(18-16-31)28(34)35-29(3,4)5)19-26(20)27(33)30-21(2)24-12-8-10-22-9-6-7-11-25(22)24;1-17-10-11-20(27-14-12-25-13-15-27)16-23(17)24(28)26-18(2)21-9-5-7-19-6-3-4-8-22(19)21/h6-14,19,21H,15-18H2,1-5H3,(H,30,33);3-11,16,18,25H,12-15H2,1-2H3,(H,26,28)/t21-;18-/m11/s1. The first-order valence-corrected chi connectivity index (χ1v) is 22.2. The van der Waals surface area contributed by atoms with E-state index in [0.29, 0.717) is 31.7 Å². The van der Waals surface area contributed by atoms with Crippen LogP contribution in [0.3, 0.4) is 0 Å². The molecule has 2 atom stereocenters. The third kappa shape index (κ3) is 11.0. The minimum atomic E-state index is -0.503. The lowest BCUT2D eigenvalue weighted by atomic mass is 9.99. The summed E-state index contributed by atoms with van der Waals surface area (Å²) in [4.78, 5) is 45.0. The lowest BCUT2D eigenvalue weighted by molar-refractivity contribution is 0.0240. The highest BCUT2D eigenvalue weighted by molar-refractivity contribution is 5.98. The van der Waals surface area contributed by atoms with Crippen LogP contribution in [-0.4, -0.2) is 80.8 Å². The van der Waals surface area contributed by atoms with E-state index in [9.17, 15) is 14.4 Å². The van der Waals surface area contributed by atoms with Crippen LogP contribution in [0.15, 0.2) is 121 Å². The average Bonchev–Trinajstić information content (AvgIpc) is 3.28. The molecule has 8 rings (SSSR count). The number of carbonyl (C=O) groups excluding carboxylic acids is 3. The molecule has 0 unspecified atom stereocenters. The van der Waals surface area contributed by atoms with E-state index in [1.807, 2.05) is 96.1 Å². The van der Waals surface area contributed by atoms with Crippen molar-refractivity contribution < 1.29 is 19.1 Å². The van der Waals surface area contributed by atoms with Gasteiger partial charge in [0.25, 0.3) is 11.8 Å². The first-order chi connectivity index (χ1) is 30.3. The third-order valence-electron chi connectivity index (χ3n) is 12.0. The largest absolute Gasteiger partial charge is 0.444 e. The number of benzene rings is 6. The van der Waals surface area contributed by atoms with Crippen LogP contribution in [0, 0.1) is 13.8 Å². The van der Waals surface area contributed by atoms with Crippen LogP contribution >= 0.6 is 0 Å². The molecule has 0 saturated carbocycles. The van der Waals surface area contributed by atoms with E-state index < -0.39 is 5.60 Å². The van der Waals surface area contributed by atoms with E-state index in [0.717, 1.165) is 76.1 Å². The zero-order valence-electron chi connectivity index (χ0n) is 37.8. The van der Waals surface area contributed by atoms with Crippen molar-refractivity contribution in [2.24, 2.45) is 0 Å². The molecular weight excluding hydrogens is 785 g/mol. The van der Waals surface area contributed by atoms with Crippen molar-refractivity contribution in [1.82, 2.24) is 20.9 Å². The summed E-state index contributed by atoms with van der Waals surface area (Å²) in [7, 11) is 0. The Bertz CT molecular complexity index is 2560. The number of rotatable bonds is 8. The van der Waals surface area contributed by atoms with E-state index in [4.69, 9.17) is 4.74 Å². The lowest BCUT2D eigenvalue weighted by Crippen LogP contribution is -2.50. The molecule has 10 nitrogen and oxygen atoms in total. The Morgan fingerprint density at radius 1 is 0.571 bits per heavy atom. The summed E-state index contributed by atoms with van der Waals surface area (Å²) >= 11 is 0. The van der Waals surface area contributed by atoms with Gasteiger partial charge < -0.3 is 35.4 Å². The van der Waals surface area contributed by atoms with E-state index in [1.165, 1.54) is 10.8 Å². The number of amides is 3. The number of anilines is 2. The number of piperazine rings is 2. The van der Waals surface area contributed by atoms with Gasteiger partial charge in [-0.05, 0) is 117 Å². The Kier molecular flexibility index (Phi) is 14.0. The number of hydrogen-bond acceptors (Lipinski definition) is 7. The predicted molar refractivity (Wildman–Crippen MR) is 257 cm³/mol. The molecule has 0 aliphatic carbocycles. The fraction of sp³-hybridized carbons (Fsp3) is 0.340. The van der Waals surface area contributed by atoms with Gasteiger partial charge in [-0.15, -0.1) is 0 Å². The van der Waals surface area contributed by atoms with Crippen LogP contribution in [0.5, 0.6) is 0 Å². The van der Waals surface area contributed by atoms with Crippen molar-refractivity contribution >= 4 is 50.8 Å². The van der Waals surface area contributed by atoms with Gasteiger partial charge in [0.05, 0.1) is 12.1 Å². The third-order valence-corrected chi connectivity index (χ3v) is 12.0. The number of nitrogens with zero attached hydrogens (tertiary/aromatic N) is 3. The Labute approximate surface area is 372 Å². The molecule has 2 fully saturated rings. The minimum Gasteiger partial charge on any atom is -0.444 e. The van der Waals surface area contributed by atoms with E-state index >= 15 is 0 Å². The zero-order valence-corrected chi connectivity index (χ0v) is 37.8. The van der Waals surface area contributed by atoms with Gasteiger partial charge in [0.2, 0.25) is 0 Å². The zero-order chi connectivity index (χ0) is 44.7. The summed E-state index contributed by atoms with van der Waals surface area (Å²) in [6.07, 6.45) is -0.274. The van der Waals surface area contributed by atoms with Crippen LogP contribution in [-0.2, 0) is 4.74 Å². The lowest BCUT2D eigenvalue weighted by Gasteiger charge is -2.37. The molecule has 0 bridgehead atoms. The molecule has 3 amide bonds. The fourth-order valence-electron chi connectivity index (χ4n) is 8.46. The number of nitrogens with one attached hydrogen (secondary N) is 3. The summed E-state index contributed by atoms with van der Waals surface area (Å²) in [5.41, 5.74) is 7.21. The van der Waals surface area contributed by atoms with Crippen LogP contribution in [0.4, 0.5) is 16.2 Å². The smallest absolute Gasteiger partial charge is 0.410 e. The maximum Gasteiger partial charge on any atom is 0.410 e. The molecule has 2 aliphatic rings. The van der Waals surface area contributed by atoms with E-state index in [-0.39, 0.29) is 30.0 Å². The van der Waals surface area contributed by atoms with Crippen molar-refractivity contribution in [3.05, 3.63) is 155 Å². The SMILES string of the molecule is Cc1ccc(N2CCN(C(=O)OC(C)(C)C)CC2)cc1C(=O)N[C@H](C)c1cccc2ccccc12.Cc1ccc(N2CCNCC2)cc1C(=O)N[C@H](C)c1cccc2ccccc12. The van der Waals surface area contributed by atoms with E-state index in [1.54, 1.807) is 4.90 Å². The fourth-order valence-corrected chi connectivity index (χ4v) is 8.46. The number of fused-ring (bicyclic) bond motifs is 2. The molecule has 0 aromatic heterocycles. The number of carbonyl (C=O) groups is 3. The van der Waals surface area contributed by atoms with Gasteiger partial charge in [0.15, 0.2) is 0 Å². The van der Waals surface area contributed by atoms with Gasteiger partial charge in [0, 0.05) is 74.9 Å². The summed E-state index contributed by atoms with van der Waals surface area (Å²) in [5.74, 6) is -0.105. The van der Waals surface area contributed by atoms with Gasteiger partial charge in [-0.25, -0.2) is 4.79 Å². The van der Waals surface area contributed by atoms with Gasteiger partial charge >= 0.3 is 6.09 Å². The molecule has 328 valence electrons. The van der Waals surface area contributed by atoms with Crippen molar-refractivity contribution in [3.63, 3.8) is 0 Å². The highest BCUT2D eigenvalue weighted by atomic mass is 16.6. The molecule has 63 heavy (non-hydrogen) atoms. The van der Waals surface area contributed by atoms with Crippen LogP contribution in [0.25, 0.3) is 21.5 Å². The van der Waals surface area contributed by atoms with Crippen molar-refractivity contribution in [2.45, 2.75) is 66.2 Å². The summed E-state index contributed by atoms with van der Waals surface area (Å²) in [6.45, 7) is 20.1. The molecule has 10 heteroatoms. The molecular formula is C53H62N6O4. The monoisotopic (exact) mass is 846 g/mol. The maximum absolute atomic E-state index is 13.3. The van der Waals surface area contributed by atoms with Gasteiger partial charge in [0.1, 0.15) is 5.60 Å². The summed E-state index contributed by atoms with van der Waals surface area (Å²) in [5, 5.41) is 14.5. The topological polar surface area (TPSA) is 106 Å². The predicted octanol–water partition coefficient (Wildman–Crippen LogP) is 9.75. The van der Waals surface area contributed by atoms with Crippen LogP contribution in [0.1, 0.15) is 89.7 Å². The first-order valence-electron chi connectivity index (χ1n) is 22.2. The molecule has 2 heterocycles. The van der Waals surface area contributed by atoms with Crippen molar-refractivity contribution in [1.29, 1.82) is 0 Å². The van der Waals surface area contributed by atoms with Gasteiger partial charge in [-0.3, -0.25) is 9.59 Å². The highest BCUT2D eigenvalue weighted by Crippen LogP contribution is 2.28. The van der Waals surface area contributed by atoms with Crippen molar-refractivity contribution in [2.75, 3.05) is 62.2 Å². The van der Waals surface area contributed by atoms with Crippen LogP contribution < -0.4 is 25.8 Å². The Hall–Kier alpha value is -6.39. The number of aryl methyl sites for hydroxylation is 2. The van der Waals surface area contributed by atoms with Gasteiger partial charge in [-0.1, -0.05) is 97.1 Å².